The summed E-state index contributed by atoms with van der Waals surface area (Å²) in [6.45, 7) is 3.52. The second kappa shape index (κ2) is 4.44. The minimum Gasteiger partial charge on any atom is -0.253 e. The van der Waals surface area contributed by atoms with Crippen molar-refractivity contribution in [3.05, 3.63) is 53.2 Å². The second-order valence-electron chi connectivity index (χ2n) is 4.16. The van der Waals surface area contributed by atoms with E-state index in [-0.39, 0.29) is 5.56 Å². The van der Waals surface area contributed by atoms with Crippen molar-refractivity contribution in [3.63, 3.8) is 0 Å². The zero-order valence-corrected chi connectivity index (χ0v) is 10.0. The van der Waals surface area contributed by atoms with Crippen LogP contribution in [0.3, 0.4) is 0 Å². The minimum absolute atomic E-state index is 0.131. The van der Waals surface area contributed by atoms with Gasteiger partial charge in [-0.3, -0.25) is 4.98 Å². The Bertz CT molecular complexity index is 573. The van der Waals surface area contributed by atoms with Gasteiger partial charge in [0, 0.05) is 11.3 Å². The molecule has 2 rings (SSSR count). The van der Waals surface area contributed by atoms with Gasteiger partial charge >= 0.3 is 6.18 Å². The summed E-state index contributed by atoms with van der Waals surface area (Å²) in [6.07, 6.45) is -4.37. The zero-order chi connectivity index (χ0) is 13.3. The van der Waals surface area contributed by atoms with Crippen molar-refractivity contribution in [1.29, 1.82) is 0 Å². The van der Waals surface area contributed by atoms with Gasteiger partial charge in [-0.05, 0) is 31.5 Å². The van der Waals surface area contributed by atoms with Gasteiger partial charge < -0.3 is 0 Å². The summed E-state index contributed by atoms with van der Waals surface area (Å²) in [5, 5.41) is 0. The number of nitrogens with zero attached hydrogens (tertiary/aromatic N) is 1. The monoisotopic (exact) mass is 251 g/mol. The van der Waals surface area contributed by atoms with Crippen LogP contribution in [0.15, 0.2) is 36.4 Å². The van der Waals surface area contributed by atoms with Gasteiger partial charge in [-0.1, -0.05) is 24.3 Å². The topological polar surface area (TPSA) is 12.9 Å². The Morgan fingerprint density at radius 1 is 0.944 bits per heavy atom. The standard InChI is InChI=1S/C14H12F3N/c1-9-7-8-10(2)18-13(9)11-5-3-4-6-12(11)14(15,16)17/h3-8H,1-2H3. The van der Waals surface area contributed by atoms with E-state index >= 15 is 0 Å². The summed E-state index contributed by atoms with van der Waals surface area (Å²) in [5.74, 6) is 0. The summed E-state index contributed by atoms with van der Waals surface area (Å²) in [7, 11) is 0. The van der Waals surface area contributed by atoms with Crippen molar-refractivity contribution in [1.82, 2.24) is 4.98 Å². The quantitative estimate of drug-likeness (QED) is 0.732. The van der Waals surface area contributed by atoms with E-state index in [0.717, 1.165) is 11.6 Å². The Balaban J connectivity index is 2.68. The predicted octanol–water partition coefficient (Wildman–Crippen LogP) is 4.38. The molecule has 1 nitrogen and oxygen atoms in total. The third-order valence-corrected chi connectivity index (χ3v) is 2.72. The van der Waals surface area contributed by atoms with Crippen LogP contribution in [-0.2, 0) is 6.18 Å². The van der Waals surface area contributed by atoms with E-state index in [0.29, 0.717) is 11.4 Å². The number of alkyl halides is 3. The molecule has 94 valence electrons. The average Bonchev–Trinajstić information content (AvgIpc) is 2.31. The third kappa shape index (κ3) is 2.37. The van der Waals surface area contributed by atoms with Crippen LogP contribution in [0.4, 0.5) is 13.2 Å². The van der Waals surface area contributed by atoms with Gasteiger partial charge in [0.25, 0.3) is 0 Å². The molecule has 1 heterocycles. The molecule has 0 radical (unpaired) electrons. The second-order valence-corrected chi connectivity index (χ2v) is 4.16. The van der Waals surface area contributed by atoms with Gasteiger partial charge in [-0.2, -0.15) is 13.2 Å². The van der Waals surface area contributed by atoms with E-state index < -0.39 is 11.7 Å². The molecule has 2 aromatic rings. The zero-order valence-electron chi connectivity index (χ0n) is 10.0. The maximum Gasteiger partial charge on any atom is 0.417 e. The van der Waals surface area contributed by atoms with Gasteiger partial charge in [-0.25, -0.2) is 0 Å². The largest absolute Gasteiger partial charge is 0.417 e. The maximum atomic E-state index is 12.9. The van der Waals surface area contributed by atoms with Gasteiger partial charge in [0.15, 0.2) is 0 Å². The Labute approximate surface area is 103 Å². The Morgan fingerprint density at radius 3 is 2.28 bits per heavy atom. The Morgan fingerprint density at radius 2 is 1.61 bits per heavy atom. The van der Waals surface area contributed by atoms with Crippen molar-refractivity contribution in [2.24, 2.45) is 0 Å². The highest BCUT2D eigenvalue weighted by Crippen LogP contribution is 2.37. The molecule has 0 aliphatic heterocycles. The van der Waals surface area contributed by atoms with Crippen molar-refractivity contribution < 1.29 is 13.2 Å². The molecule has 0 saturated carbocycles. The first-order valence-electron chi connectivity index (χ1n) is 5.50. The highest BCUT2D eigenvalue weighted by Gasteiger charge is 2.33. The van der Waals surface area contributed by atoms with E-state index in [1.807, 2.05) is 0 Å². The average molecular weight is 251 g/mol. The molecule has 0 N–H and O–H groups in total. The van der Waals surface area contributed by atoms with E-state index in [4.69, 9.17) is 0 Å². The van der Waals surface area contributed by atoms with Crippen LogP contribution in [0.2, 0.25) is 0 Å². The minimum atomic E-state index is -4.37. The molecule has 0 aliphatic carbocycles. The summed E-state index contributed by atoms with van der Waals surface area (Å²) in [4.78, 5) is 4.22. The molecule has 0 unspecified atom stereocenters. The van der Waals surface area contributed by atoms with Crippen molar-refractivity contribution in [2.45, 2.75) is 20.0 Å². The van der Waals surface area contributed by atoms with E-state index in [1.54, 1.807) is 32.0 Å². The maximum absolute atomic E-state index is 12.9. The Hall–Kier alpha value is -1.84. The lowest BCUT2D eigenvalue weighted by Crippen LogP contribution is -2.08. The van der Waals surface area contributed by atoms with Crippen LogP contribution in [0, 0.1) is 13.8 Å². The Kier molecular flexibility index (Phi) is 3.11. The highest BCUT2D eigenvalue weighted by molar-refractivity contribution is 5.67. The number of benzene rings is 1. The van der Waals surface area contributed by atoms with Gasteiger partial charge in [0.1, 0.15) is 0 Å². The molecule has 4 heteroatoms. The molecule has 0 saturated heterocycles. The SMILES string of the molecule is Cc1ccc(C)c(-c2ccccc2C(F)(F)F)n1. The highest BCUT2D eigenvalue weighted by atomic mass is 19.4. The van der Waals surface area contributed by atoms with Crippen LogP contribution < -0.4 is 0 Å². The normalized spacial score (nSPS) is 11.6. The number of aryl methyl sites for hydroxylation is 2. The van der Waals surface area contributed by atoms with E-state index in [9.17, 15) is 13.2 Å². The molecular formula is C14H12F3N. The van der Waals surface area contributed by atoms with Gasteiger partial charge in [-0.15, -0.1) is 0 Å². The van der Waals surface area contributed by atoms with Crippen LogP contribution in [0.25, 0.3) is 11.3 Å². The van der Waals surface area contributed by atoms with Crippen LogP contribution in [0.5, 0.6) is 0 Å². The number of pyridine rings is 1. The number of halogens is 3. The van der Waals surface area contributed by atoms with Crippen molar-refractivity contribution in [2.75, 3.05) is 0 Å². The third-order valence-electron chi connectivity index (χ3n) is 2.72. The van der Waals surface area contributed by atoms with Crippen molar-refractivity contribution >= 4 is 0 Å². The van der Waals surface area contributed by atoms with E-state index in [1.165, 1.54) is 12.1 Å². The summed E-state index contributed by atoms with van der Waals surface area (Å²) < 4.78 is 38.8. The molecular weight excluding hydrogens is 239 g/mol. The molecule has 0 aliphatic rings. The van der Waals surface area contributed by atoms with E-state index in [2.05, 4.69) is 4.98 Å². The fourth-order valence-corrected chi connectivity index (χ4v) is 1.84. The molecule has 0 fully saturated rings. The lowest BCUT2D eigenvalue weighted by Gasteiger charge is -2.14. The van der Waals surface area contributed by atoms with Crippen molar-refractivity contribution in [3.8, 4) is 11.3 Å². The summed E-state index contributed by atoms with van der Waals surface area (Å²) >= 11 is 0. The smallest absolute Gasteiger partial charge is 0.253 e. The molecule has 0 amide bonds. The predicted molar refractivity (Wildman–Crippen MR) is 64.1 cm³/mol. The lowest BCUT2D eigenvalue weighted by molar-refractivity contribution is -0.137. The first-order valence-corrected chi connectivity index (χ1v) is 5.50. The first kappa shape index (κ1) is 12.6. The van der Waals surface area contributed by atoms with Crippen LogP contribution >= 0.6 is 0 Å². The number of rotatable bonds is 1. The molecule has 0 bridgehead atoms. The van der Waals surface area contributed by atoms with Gasteiger partial charge in [0.05, 0.1) is 11.3 Å². The van der Waals surface area contributed by atoms with Crippen LogP contribution in [-0.4, -0.2) is 4.98 Å². The summed E-state index contributed by atoms with van der Waals surface area (Å²) in [5.41, 5.74) is 1.31. The van der Waals surface area contributed by atoms with Gasteiger partial charge in [0.2, 0.25) is 0 Å². The molecule has 1 aromatic heterocycles. The molecule has 0 atom stereocenters. The number of hydrogen-bond donors (Lipinski definition) is 0. The lowest BCUT2D eigenvalue weighted by atomic mass is 10.0. The first-order chi connectivity index (χ1) is 8.39. The number of hydrogen-bond acceptors (Lipinski definition) is 1. The molecule has 18 heavy (non-hydrogen) atoms. The fraction of sp³-hybridized carbons (Fsp3) is 0.214. The molecule has 1 aromatic carbocycles. The molecule has 0 spiro atoms. The van der Waals surface area contributed by atoms with Crippen LogP contribution in [0.1, 0.15) is 16.8 Å². The summed E-state index contributed by atoms with van der Waals surface area (Å²) in [6, 6.07) is 9.09. The number of aromatic nitrogens is 1. The fourth-order valence-electron chi connectivity index (χ4n) is 1.84.